The highest BCUT2D eigenvalue weighted by Crippen LogP contribution is 2.17. The molecule has 4 aromatic heterocycles. The lowest BCUT2D eigenvalue weighted by Gasteiger charge is -2.24. The second-order valence-electron chi connectivity index (χ2n) is 8.16. The molecule has 1 aliphatic rings. The van der Waals surface area contributed by atoms with Gasteiger partial charge in [0.1, 0.15) is 17.9 Å². The van der Waals surface area contributed by atoms with Crippen molar-refractivity contribution < 1.29 is 14.3 Å². The molecule has 0 saturated carbocycles. The molecule has 5 rings (SSSR count). The van der Waals surface area contributed by atoms with E-state index in [1.54, 1.807) is 33.0 Å². The molecule has 10 heteroatoms. The summed E-state index contributed by atoms with van der Waals surface area (Å²) in [5.74, 6) is -0.443. The highest BCUT2D eigenvalue weighted by atomic mass is 32.1. The van der Waals surface area contributed by atoms with Crippen LogP contribution >= 0.6 is 11.3 Å². The number of aryl methyl sites for hydroxylation is 1. The van der Waals surface area contributed by atoms with Crippen molar-refractivity contribution in [3.05, 3.63) is 82.5 Å². The molecule has 4 aromatic rings. The van der Waals surface area contributed by atoms with E-state index in [2.05, 4.69) is 15.0 Å². The number of ether oxygens (including phenoxy) is 1. The summed E-state index contributed by atoms with van der Waals surface area (Å²) in [7, 11) is 0. The van der Waals surface area contributed by atoms with Gasteiger partial charge in [0.25, 0.3) is 5.91 Å². The van der Waals surface area contributed by atoms with Gasteiger partial charge in [-0.3, -0.25) is 14.6 Å². The Labute approximate surface area is 200 Å². The van der Waals surface area contributed by atoms with Gasteiger partial charge >= 0.3 is 0 Å². The number of aromatic nitrogens is 4. The van der Waals surface area contributed by atoms with E-state index in [0.29, 0.717) is 31.0 Å². The minimum atomic E-state index is -0.380. The summed E-state index contributed by atoms with van der Waals surface area (Å²) in [4.78, 5) is 43.0. The molecule has 1 aliphatic heterocycles. The molecule has 1 atom stereocenters. The first-order valence-corrected chi connectivity index (χ1v) is 11.9. The Hall–Kier alpha value is -3.63. The Morgan fingerprint density at radius 3 is 2.79 bits per heavy atom. The summed E-state index contributed by atoms with van der Waals surface area (Å²) in [6, 6.07) is 11.2. The highest BCUT2D eigenvalue weighted by molar-refractivity contribution is 7.09. The highest BCUT2D eigenvalue weighted by Gasteiger charge is 2.32. The monoisotopic (exact) mass is 476 g/mol. The van der Waals surface area contributed by atoms with E-state index in [4.69, 9.17) is 4.74 Å². The van der Waals surface area contributed by atoms with Crippen LogP contribution in [0.4, 0.5) is 0 Å². The van der Waals surface area contributed by atoms with E-state index in [-0.39, 0.29) is 31.0 Å². The van der Waals surface area contributed by atoms with E-state index < -0.39 is 0 Å². The van der Waals surface area contributed by atoms with E-state index in [1.165, 1.54) is 4.90 Å². The number of nitrogens with zero attached hydrogens (tertiary/aromatic N) is 6. The second-order valence-corrected chi connectivity index (χ2v) is 9.23. The second kappa shape index (κ2) is 9.70. The molecule has 0 N–H and O–H groups in total. The van der Waals surface area contributed by atoms with Crippen LogP contribution in [0.3, 0.4) is 0 Å². The Morgan fingerprint density at radius 1 is 1.15 bits per heavy atom. The lowest BCUT2D eigenvalue weighted by atomic mass is 10.3. The molecule has 1 saturated heterocycles. The lowest BCUT2D eigenvalue weighted by molar-refractivity contribution is -0.132. The predicted octanol–water partition coefficient (Wildman–Crippen LogP) is 2.56. The maximum atomic E-state index is 13.4. The summed E-state index contributed by atoms with van der Waals surface area (Å²) >= 11 is 1.55. The minimum absolute atomic E-state index is 0.0424. The van der Waals surface area contributed by atoms with E-state index in [1.807, 2.05) is 54.9 Å². The Morgan fingerprint density at radius 2 is 2.03 bits per heavy atom. The quantitative estimate of drug-likeness (QED) is 0.425. The smallest absolute Gasteiger partial charge is 0.274 e. The zero-order valence-corrected chi connectivity index (χ0v) is 19.5. The molecule has 2 amide bonds. The van der Waals surface area contributed by atoms with Crippen LogP contribution in [0.5, 0.6) is 0 Å². The van der Waals surface area contributed by atoms with Crippen LogP contribution in [-0.2, 0) is 22.7 Å². The molecular weight excluding hydrogens is 452 g/mol. The van der Waals surface area contributed by atoms with Gasteiger partial charge in [-0.05, 0) is 31.2 Å². The number of carbonyl (C=O) groups excluding carboxylic acids is 2. The van der Waals surface area contributed by atoms with E-state index >= 15 is 0 Å². The Bertz CT molecular complexity index is 1270. The Balaban J connectivity index is 1.37. The van der Waals surface area contributed by atoms with Crippen molar-refractivity contribution >= 4 is 28.8 Å². The van der Waals surface area contributed by atoms with Crippen molar-refractivity contribution in [1.29, 1.82) is 0 Å². The summed E-state index contributed by atoms with van der Waals surface area (Å²) in [5.41, 5.74) is 2.60. The number of fused-ring (bicyclic) bond motifs is 1. The van der Waals surface area contributed by atoms with Crippen molar-refractivity contribution in [2.24, 2.45) is 0 Å². The standard InChI is InChI=1S/C24H24N6O3S/c1-17-26-19(16-34-17)10-29-11-20(33-15-18-6-2-4-8-25-18)12-30(14-23(29)31)24(32)21-13-28-9-5-3-7-22(28)27-21/h2-9,13,16,20H,10-12,14-15H2,1H3. The van der Waals surface area contributed by atoms with Crippen molar-refractivity contribution in [3.8, 4) is 0 Å². The average Bonchev–Trinajstić information content (AvgIpc) is 3.43. The third-order valence-electron chi connectivity index (χ3n) is 5.61. The summed E-state index contributed by atoms with van der Waals surface area (Å²) < 4.78 is 7.94. The molecule has 34 heavy (non-hydrogen) atoms. The number of hydrogen-bond acceptors (Lipinski definition) is 7. The predicted molar refractivity (Wildman–Crippen MR) is 126 cm³/mol. The zero-order chi connectivity index (χ0) is 23.5. The maximum absolute atomic E-state index is 13.4. The first-order valence-electron chi connectivity index (χ1n) is 11.0. The lowest BCUT2D eigenvalue weighted by Crippen LogP contribution is -2.39. The molecule has 0 aliphatic carbocycles. The fraction of sp³-hybridized carbons (Fsp3) is 0.292. The number of imidazole rings is 1. The van der Waals surface area contributed by atoms with Crippen LogP contribution in [0.2, 0.25) is 0 Å². The van der Waals surface area contributed by atoms with Crippen LogP contribution in [-0.4, -0.2) is 66.7 Å². The van der Waals surface area contributed by atoms with Crippen LogP contribution < -0.4 is 0 Å². The molecule has 0 aromatic carbocycles. The van der Waals surface area contributed by atoms with Gasteiger partial charge in [0.05, 0.1) is 35.7 Å². The van der Waals surface area contributed by atoms with Gasteiger partial charge in [-0.2, -0.15) is 0 Å². The third-order valence-corrected chi connectivity index (χ3v) is 6.43. The zero-order valence-electron chi connectivity index (χ0n) is 18.7. The number of thiazole rings is 1. The molecule has 1 fully saturated rings. The van der Waals surface area contributed by atoms with Crippen molar-refractivity contribution in [3.63, 3.8) is 0 Å². The van der Waals surface area contributed by atoms with Gasteiger partial charge in [0, 0.05) is 37.1 Å². The molecule has 0 bridgehead atoms. The number of amides is 2. The van der Waals surface area contributed by atoms with Gasteiger partial charge < -0.3 is 18.9 Å². The molecule has 0 radical (unpaired) electrons. The van der Waals surface area contributed by atoms with Crippen LogP contribution in [0.15, 0.2) is 60.4 Å². The third kappa shape index (κ3) is 4.97. The van der Waals surface area contributed by atoms with Crippen LogP contribution in [0.25, 0.3) is 5.65 Å². The van der Waals surface area contributed by atoms with Crippen molar-refractivity contribution in [2.75, 3.05) is 19.6 Å². The van der Waals surface area contributed by atoms with Crippen LogP contribution in [0, 0.1) is 6.92 Å². The van der Waals surface area contributed by atoms with Gasteiger partial charge in [-0.1, -0.05) is 12.1 Å². The number of carbonyl (C=O) groups is 2. The summed E-state index contributed by atoms with van der Waals surface area (Å²) in [5, 5.41) is 2.90. The number of hydrogen-bond donors (Lipinski definition) is 0. The Kier molecular flexibility index (Phi) is 6.33. The van der Waals surface area contributed by atoms with E-state index in [0.717, 1.165) is 16.4 Å². The first kappa shape index (κ1) is 22.2. The maximum Gasteiger partial charge on any atom is 0.274 e. The van der Waals surface area contributed by atoms with Crippen LogP contribution in [0.1, 0.15) is 26.9 Å². The van der Waals surface area contributed by atoms with Crippen molar-refractivity contribution in [2.45, 2.75) is 26.2 Å². The summed E-state index contributed by atoms with van der Waals surface area (Å²) in [6.07, 6.45) is 4.86. The normalized spacial score (nSPS) is 16.7. The molecule has 5 heterocycles. The summed E-state index contributed by atoms with van der Waals surface area (Å²) in [6.45, 7) is 3.20. The van der Waals surface area contributed by atoms with Gasteiger partial charge in [-0.15, -0.1) is 11.3 Å². The van der Waals surface area contributed by atoms with Gasteiger partial charge in [-0.25, -0.2) is 9.97 Å². The first-order chi connectivity index (χ1) is 16.5. The minimum Gasteiger partial charge on any atom is -0.368 e. The fourth-order valence-corrected chi connectivity index (χ4v) is 4.56. The number of pyridine rings is 2. The molecule has 9 nitrogen and oxygen atoms in total. The fourth-order valence-electron chi connectivity index (χ4n) is 3.95. The molecular formula is C24H24N6O3S. The topological polar surface area (TPSA) is 92.9 Å². The van der Waals surface area contributed by atoms with Gasteiger partial charge in [0.15, 0.2) is 0 Å². The molecule has 1 unspecified atom stereocenters. The van der Waals surface area contributed by atoms with Crippen molar-refractivity contribution in [1.82, 2.24) is 29.2 Å². The molecule has 174 valence electrons. The van der Waals surface area contributed by atoms with E-state index in [9.17, 15) is 9.59 Å². The SMILES string of the molecule is Cc1nc(CN2CC(OCc3ccccn3)CN(C(=O)c3cn4ccccc4n3)CC2=O)cs1. The van der Waals surface area contributed by atoms with Gasteiger partial charge in [0.2, 0.25) is 5.91 Å². The largest absolute Gasteiger partial charge is 0.368 e. The average molecular weight is 477 g/mol. The number of rotatable bonds is 6. The molecule has 0 spiro atoms.